The number of amides is 1. The molecule has 0 saturated heterocycles. The van der Waals surface area contributed by atoms with Gasteiger partial charge in [-0.25, -0.2) is 0 Å². The number of pyridine rings is 1. The molecule has 0 atom stereocenters. The molecule has 3 nitrogen and oxygen atoms in total. The molecule has 0 radical (unpaired) electrons. The Bertz CT molecular complexity index is 408. The van der Waals surface area contributed by atoms with Crippen LogP contribution in [0.15, 0.2) is 18.3 Å². The zero-order valence-corrected chi connectivity index (χ0v) is 11.8. The maximum Gasteiger partial charge on any atom is 0.269 e. The zero-order chi connectivity index (χ0) is 12.8. The van der Waals surface area contributed by atoms with Crippen molar-refractivity contribution in [1.29, 1.82) is 0 Å². The van der Waals surface area contributed by atoms with Crippen molar-refractivity contribution >= 4 is 29.3 Å². The van der Waals surface area contributed by atoms with E-state index in [9.17, 15) is 4.79 Å². The van der Waals surface area contributed by atoms with E-state index in [1.165, 1.54) is 25.7 Å². The Morgan fingerprint density at radius 1 is 1.50 bits per heavy atom. The summed E-state index contributed by atoms with van der Waals surface area (Å²) in [5.74, 6) is 0.821. The van der Waals surface area contributed by atoms with Gasteiger partial charge in [0.15, 0.2) is 0 Å². The zero-order valence-electron chi connectivity index (χ0n) is 10.2. The summed E-state index contributed by atoms with van der Waals surface area (Å²) in [5, 5.41) is 4.20. The number of hydrogen-bond acceptors (Lipinski definition) is 3. The van der Waals surface area contributed by atoms with E-state index in [4.69, 9.17) is 11.6 Å². The number of carbonyl (C=O) groups is 1. The molecule has 1 N–H and O–H groups in total. The van der Waals surface area contributed by atoms with Crippen molar-refractivity contribution in [2.75, 3.05) is 12.3 Å². The molecular weight excluding hydrogens is 268 g/mol. The number of aromatic nitrogens is 1. The van der Waals surface area contributed by atoms with E-state index in [0.717, 1.165) is 11.0 Å². The third-order valence-corrected chi connectivity index (χ3v) is 4.62. The van der Waals surface area contributed by atoms with E-state index in [1.54, 1.807) is 18.3 Å². The van der Waals surface area contributed by atoms with E-state index in [1.807, 2.05) is 11.8 Å². The van der Waals surface area contributed by atoms with E-state index in [2.05, 4.69) is 10.3 Å². The fourth-order valence-corrected chi connectivity index (χ4v) is 3.44. The molecule has 98 valence electrons. The Balaban J connectivity index is 1.68. The first kappa shape index (κ1) is 13.7. The van der Waals surface area contributed by atoms with Crippen LogP contribution in [0.3, 0.4) is 0 Å². The van der Waals surface area contributed by atoms with Crippen LogP contribution >= 0.6 is 23.4 Å². The minimum Gasteiger partial charge on any atom is -0.350 e. The van der Waals surface area contributed by atoms with Crippen molar-refractivity contribution < 1.29 is 4.79 Å². The second-order valence-electron chi connectivity index (χ2n) is 4.39. The highest BCUT2D eigenvalue weighted by molar-refractivity contribution is 7.99. The number of hydrogen-bond donors (Lipinski definition) is 1. The molecule has 5 heteroatoms. The summed E-state index contributed by atoms with van der Waals surface area (Å²) in [6.07, 6.45) is 6.92. The molecule has 0 aliphatic heterocycles. The fraction of sp³-hybridized carbons (Fsp3) is 0.538. The first-order valence-electron chi connectivity index (χ1n) is 6.27. The quantitative estimate of drug-likeness (QED) is 0.845. The highest BCUT2D eigenvalue weighted by atomic mass is 35.5. The summed E-state index contributed by atoms with van der Waals surface area (Å²) >= 11 is 7.78. The van der Waals surface area contributed by atoms with E-state index < -0.39 is 0 Å². The lowest BCUT2D eigenvalue weighted by atomic mass is 10.3. The molecule has 1 amide bonds. The van der Waals surface area contributed by atoms with Gasteiger partial charge in [-0.05, 0) is 25.0 Å². The van der Waals surface area contributed by atoms with Crippen LogP contribution in [-0.2, 0) is 0 Å². The molecule has 1 heterocycles. The van der Waals surface area contributed by atoms with Crippen LogP contribution in [0.4, 0.5) is 0 Å². The van der Waals surface area contributed by atoms with Gasteiger partial charge < -0.3 is 5.32 Å². The van der Waals surface area contributed by atoms with Crippen LogP contribution in [0.25, 0.3) is 0 Å². The second kappa shape index (κ2) is 7.00. The van der Waals surface area contributed by atoms with Gasteiger partial charge >= 0.3 is 0 Å². The lowest BCUT2D eigenvalue weighted by Gasteiger charge is -2.09. The highest BCUT2D eigenvalue weighted by Crippen LogP contribution is 2.28. The molecule has 0 bridgehead atoms. The number of thioether (sulfide) groups is 1. The summed E-state index contributed by atoms with van der Waals surface area (Å²) in [6, 6.07) is 3.25. The molecule has 2 rings (SSSR count). The maximum atomic E-state index is 11.8. The number of carbonyl (C=O) groups excluding carboxylic acids is 1. The number of rotatable bonds is 5. The van der Waals surface area contributed by atoms with Gasteiger partial charge in [0.1, 0.15) is 5.69 Å². The molecule has 0 unspecified atom stereocenters. The van der Waals surface area contributed by atoms with Gasteiger partial charge in [-0.1, -0.05) is 24.4 Å². The Hall–Kier alpha value is -0.740. The molecule has 0 aromatic carbocycles. The van der Waals surface area contributed by atoms with Crippen molar-refractivity contribution in [3.8, 4) is 0 Å². The molecule has 1 aromatic rings. The fourth-order valence-electron chi connectivity index (χ4n) is 2.06. The summed E-state index contributed by atoms with van der Waals surface area (Å²) in [6.45, 7) is 0.689. The molecule has 1 aliphatic rings. The van der Waals surface area contributed by atoms with Gasteiger partial charge in [-0.2, -0.15) is 11.8 Å². The van der Waals surface area contributed by atoms with E-state index in [-0.39, 0.29) is 5.91 Å². The molecule has 1 aromatic heterocycles. The smallest absolute Gasteiger partial charge is 0.269 e. The van der Waals surface area contributed by atoms with Crippen molar-refractivity contribution in [1.82, 2.24) is 10.3 Å². The topological polar surface area (TPSA) is 42.0 Å². The van der Waals surface area contributed by atoms with Crippen molar-refractivity contribution in [2.45, 2.75) is 30.9 Å². The first-order valence-corrected chi connectivity index (χ1v) is 7.70. The highest BCUT2D eigenvalue weighted by Gasteiger charge is 2.15. The average Bonchev–Trinajstić information content (AvgIpc) is 2.87. The summed E-state index contributed by atoms with van der Waals surface area (Å²) in [4.78, 5) is 15.7. The number of nitrogens with zero attached hydrogens (tertiary/aromatic N) is 1. The summed E-state index contributed by atoms with van der Waals surface area (Å²) in [7, 11) is 0. The van der Waals surface area contributed by atoms with Gasteiger partial charge in [-0.15, -0.1) is 0 Å². The summed E-state index contributed by atoms with van der Waals surface area (Å²) < 4.78 is 0. The normalized spacial score (nSPS) is 15.8. The molecule has 1 saturated carbocycles. The SMILES string of the molecule is O=C(NCCSC1CCCC1)c1cc(Cl)ccn1. The molecule has 18 heavy (non-hydrogen) atoms. The maximum absolute atomic E-state index is 11.8. The second-order valence-corrected chi connectivity index (χ2v) is 6.24. The summed E-state index contributed by atoms with van der Waals surface area (Å²) in [5.41, 5.74) is 0.383. The average molecular weight is 285 g/mol. The number of nitrogens with one attached hydrogen (secondary N) is 1. The van der Waals surface area contributed by atoms with Gasteiger partial charge in [0, 0.05) is 28.8 Å². The predicted octanol–water partition coefficient (Wildman–Crippen LogP) is 3.14. The van der Waals surface area contributed by atoms with Crippen molar-refractivity contribution in [3.05, 3.63) is 29.0 Å². The van der Waals surface area contributed by atoms with Crippen LogP contribution in [0.5, 0.6) is 0 Å². The van der Waals surface area contributed by atoms with Crippen molar-refractivity contribution in [2.24, 2.45) is 0 Å². The van der Waals surface area contributed by atoms with Crippen LogP contribution in [-0.4, -0.2) is 28.4 Å². The molecule has 1 aliphatic carbocycles. The van der Waals surface area contributed by atoms with Crippen molar-refractivity contribution in [3.63, 3.8) is 0 Å². The Labute approximate surface area is 117 Å². The first-order chi connectivity index (χ1) is 8.75. The van der Waals surface area contributed by atoms with Gasteiger partial charge in [0.05, 0.1) is 0 Å². The lowest BCUT2D eigenvalue weighted by molar-refractivity contribution is 0.0951. The lowest BCUT2D eigenvalue weighted by Crippen LogP contribution is -2.26. The van der Waals surface area contributed by atoms with Gasteiger partial charge in [0.2, 0.25) is 0 Å². The molecular formula is C13H17ClN2OS. The number of halogens is 1. The minimum atomic E-state index is -0.149. The standard InChI is InChI=1S/C13H17ClN2OS/c14-10-5-6-15-12(9-10)13(17)16-7-8-18-11-3-1-2-4-11/h5-6,9,11H,1-4,7-8H2,(H,16,17). The Morgan fingerprint density at radius 2 is 2.28 bits per heavy atom. The van der Waals surface area contributed by atoms with Gasteiger partial charge in [-0.3, -0.25) is 9.78 Å². The van der Waals surface area contributed by atoms with Crippen LogP contribution in [0, 0.1) is 0 Å². The predicted molar refractivity (Wildman–Crippen MR) is 76.3 cm³/mol. The Morgan fingerprint density at radius 3 is 3.00 bits per heavy atom. The van der Waals surface area contributed by atoms with E-state index in [0.29, 0.717) is 17.3 Å². The van der Waals surface area contributed by atoms with E-state index >= 15 is 0 Å². The van der Waals surface area contributed by atoms with Gasteiger partial charge in [0.25, 0.3) is 5.91 Å². The third-order valence-electron chi connectivity index (χ3n) is 3.00. The van der Waals surface area contributed by atoms with Crippen LogP contribution in [0.2, 0.25) is 5.02 Å². The molecule has 0 spiro atoms. The monoisotopic (exact) mass is 284 g/mol. The third kappa shape index (κ3) is 4.18. The van der Waals surface area contributed by atoms with Crippen LogP contribution in [0.1, 0.15) is 36.2 Å². The largest absolute Gasteiger partial charge is 0.350 e. The minimum absolute atomic E-state index is 0.149. The Kier molecular flexibility index (Phi) is 5.32. The molecule has 1 fully saturated rings. The van der Waals surface area contributed by atoms with Crippen LogP contribution < -0.4 is 5.32 Å².